The summed E-state index contributed by atoms with van der Waals surface area (Å²) >= 11 is 0. The fourth-order valence-corrected chi connectivity index (χ4v) is 4.93. The van der Waals surface area contributed by atoms with Crippen LogP contribution in [0.25, 0.3) is 22.3 Å². The van der Waals surface area contributed by atoms with E-state index in [2.05, 4.69) is 0 Å². The number of esters is 1. The first-order chi connectivity index (χ1) is 21.3. The minimum absolute atomic E-state index is 0.157. The van der Waals surface area contributed by atoms with Crippen LogP contribution in [0.5, 0.6) is 28.7 Å². The van der Waals surface area contributed by atoms with Crippen LogP contribution in [0.15, 0.2) is 39.5 Å². The summed E-state index contributed by atoms with van der Waals surface area (Å²) in [5.74, 6) is -3.57. The number of rotatable bonds is 7. The number of aromatic hydroxyl groups is 3. The Hall–Kier alpha value is -4.20. The van der Waals surface area contributed by atoms with Crippen molar-refractivity contribution in [3.8, 4) is 40.1 Å². The van der Waals surface area contributed by atoms with E-state index in [1.807, 2.05) is 0 Å². The van der Waals surface area contributed by atoms with Crippen LogP contribution in [0.4, 0.5) is 0 Å². The number of aliphatic hydroxyl groups is 6. The van der Waals surface area contributed by atoms with Gasteiger partial charge in [-0.25, -0.2) is 0 Å². The molecule has 0 unspecified atom stereocenters. The second-order valence-electron chi connectivity index (χ2n) is 10.4. The molecule has 2 saturated heterocycles. The number of aliphatic hydroxyl groups excluding tert-OH is 6. The third-order valence-electron chi connectivity index (χ3n) is 7.20. The van der Waals surface area contributed by atoms with Gasteiger partial charge in [0.2, 0.25) is 12.6 Å². The van der Waals surface area contributed by atoms with Crippen molar-refractivity contribution < 1.29 is 78.9 Å². The van der Waals surface area contributed by atoms with E-state index in [4.69, 9.17) is 28.1 Å². The third-order valence-corrected chi connectivity index (χ3v) is 7.20. The fraction of sp³-hybridized carbons (Fsp3) is 0.429. The van der Waals surface area contributed by atoms with Gasteiger partial charge in [0.15, 0.2) is 29.1 Å². The van der Waals surface area contributed by atoms with E-state index >= 15 is 0 Å². The Balaban J connectivity index is 1.51. The Kier molecular flexibility index (Phi) is 9.06. The highest BCUT2D eigenvalue weighted by atomic mass is 16.7. The predicted octanol–water partition coefficient (Wildman–Crippen LogP) is -1.86. The second kappa shape index (κ2) is 12.7. The molecule has 2 aliphatic rings. The molecule has 9 atom stereocenters. The number of ether oxygens (including phenoxy) is 5. The van der Waals surface area contributed by atoms with Gasteiger partial charge in [0.05, 0.1) is 18.8 Å². The van der Waals surface area contributed by atoms with Gasteiger partial charge in [0.25, 0.3) is 0 Å². The highest BCUT2D eigenvalue weighted by Crippen LogP contribution is 2.41. The van der Waals surface area contributed by atoms with Crippen LogP contribution < -0.4 is 14.9 Å². The molecule has 0 spiro atoms. The molecule has 9 N–H and O–H groups in total. The summed E-state index contributed by atoms with van der Waals surface area (Å²) in [5, 5.41) is 91.2. The molecule has 2 aliphatic heterocycles. The molecule has 0 saturated carbocycles. The lowest BCUT2D eigenvalue weighted by Gasteiger charge is -2.39. The summed E-state index contributed by atoms with van der Waals surface area (Å²) in [5.41, 5.74) is -1.23. The summed E-state index contributed by atoms with van der Waals surface area (Å²) in [4.78, 5) is 24.5. The molecule has 244 valence electrons. The topological polar surface area (TPSA) is 275 Å². The first-order valence-corrected chi connectivity index (χ1v) is 13.4. The van der Waals surface area contributed by atoms with Gasteiger partial charge in [-0.2, -0.15) is 0 Å². The molecule has 0 amide bonds. The van der Waals surface area contributed by atoms with Gasteiger partial charge >= 0.3 is 5.97 Å². The van der Waals surface area contributed by atoms with E-state index in [1.54, 1.807) is 0 Å². The van der Waals surface area contributed by atoms with Crippen molar-refractivity contribution in [1.82, 2.24) is 0 Å². The number of hydrogen-bond acceptors (Lipinski definition) is 17. The van der Waals surface area contributed by atoms with Crippen molar-refractivity contribution in [2.45, 2.75) is 62.2 Å². The third kappa shape index (κ3) is 6.33. The van der Waals surface area contributed by atoms with E-state index in [0.717, 1.165) is 37.3 Å². The Morgan fingerprint density at radius 2 is 1.58 bits per heavy atom. The van der Waals surface area contributed by atoms with E-state index in [-0.39, 0.29) is 33.8 Å². The van der Waals surface area contributed by atoms with Crippen LogP contribution >= 0.6 is 0 Å². The van der Waals surface area contributed by atoms with Crippen molar-refractivity contribution in [2.24, 2.45) is 0 Å². The number of carbonyl (C=O) groups is 1. The van der Waals surface area contributed by atoms with Gasteiger partial charge in [0, 0.05) is 31.2 Å². The Morgan fingerprint density at radius 1 is 0.867 bits per heavy atom. The SMILES string of the molecule is CC(=O)O[C@@H]1[C@@H](O)[C@H](Oc2cc(O)c(O)cc2-c2cc(=O)c3c(O)cc(O[C@@H]4O[C@H](CO)[C@@H](O)[C@H](O)[C@H]4O)cc3o2)OC[C@H]1O. The lowest BCUT2D eigenvalue weighted by Crippen LogP contribution is -2.60. The molecular weight excluding hydrogens is 608 g/mol. The number of fused-ring (bicyclic) bond motifs is 1. The molecule has 1 aromatic heterocycles. The first-order valence-electron chi connectivity index (χ1n) is 13.4. The average molecular weight is 639 g/mol. The van der Waals surface area contributed by atoms with E-state index in [1.165, 1.54) is 0 Å². The van der Waals surface area contributed by atoms with E-state index in [9.17, 15) is 55.5 Å². The van der Waals surface area contributed by atoms with E-state index < -0.39 is 97.2 Å². The van der Waals surface area contributed by atoms with Crippen LogP contribution in [0.3, 0.4) is 0 Å². The highest BCUT2D eigenvalue weighted by molar-refractivity contribution is 5.86. The summed E-state index contributed by atoms with van der Waals surface area (Å²) in [6.45, 7) is -0.0643. The van der Waals surface area contributed by atoms with Crippen molar-refractivity contribution in [3.63, 3.8) is 0 Å². The maximum atomic E-state index is 13.1. The Labute approximate surface area is 252 Å². The number of phenolic OH excluding ortho intramolecular Hbond substituents is 3. The molecule has 3 heterocycles. The maximum absolute atomic E-state index is 13.1. The molecule has 17 heteroatoms. The Bertz CT molecular complexity index is 1620. The summed E-state index contributed by atoms with van der Waals surface area (Å²) in [7, 11) is 0. The van der Waals surface area contributed by atoms with Gasteiger partial charge in [-0.3, -0.25) is 9.59 Å². The average Bonchev–Trinajstić information content (AvgIpc) is 2.98. The van der Waals surface area contributed by atoms with Crippen LogP contribution in [-0.4, -0.2) is 120 Å². The van der Waals surface area contributed by atoms with Crippen LogP contribution in [0.2, 0.25) is 0 Å². The van der Waals surface area contributed by atoms with Gasteiger partial charge < -0.3 is 74.1 Å². The number of phenols is 3. The summed E-state index contributed by atoms with van der Waals surface area (Å²) in [6.07, 6.45) is -14.2. The van der Waals surface area contributed by atoms with Crippen molar-refractivity contribution in [3.05, 3.63) is 40.6 Å². The number of carbonyl (C=O) groups excluding carboxylic acids is 1. The Morgan fingerprint density at radius 3 is 2.27 bits per heavy atom. The standard InChI is InChI=1S/C28H30O17/c1-9(30)41-26-16(35)8-40-27(25(26)39)44-18-5-13(32)12(31)4-11(18)17-6-15(34)21-14(33)2-10(3-19(21)43-17)42-28-24(38)23(37)22(36)20(7-29)45-28/h2-6,16,20,22-29,31-33,35-39H,7-8H2,1H3/t16-,20-,22-,23+,24-,25-,26+,27+,28-/m1/s1. The molecule has 3 aromatic rings. The molecule has 2 aromatic carbocycles. The van der Waals surface area contributed by atoms with Crippen molar-refractivity contribution >= 4 is 16.9 Å². The van der Waals surface area contributed by atoms with Crippen molar-refractivity contribution in [2.75, 3.05) is 13.2 Å². The molecule has 17 nitrogen and oxygen atoms in total. The van der Waals surface area contributed by atoms with Crippen LogP contribution in [0.1, 0.15) is 6.92 Å². The minimum Gasteiger partial charge on any atom is -0.507 e. The second-order valence-corrected chi connectivity index (χ2v) is 10.4. The monoisotopic (exact) mass is 638 g/mol. The van der Waals surface area contributed by atoms with Crippen LogP contribution in [0, 0.1) is 0 Å². The highest BCUT2D eigenvalue weighted by Gasteiger charge is 2.45. The lowest BCUT2D eigenvalue weighted by molar-refractivity contribution is -0.277. The fourth-order valence-electron chi connectivity index (χ4n) is 4.93. The molecular formula is C28H30O17. The smallest absolute Gasteiger partial charge is 0.303 e. The summed E-state index contributed by atoms with van der Waals surface area (Å²) < 4.78 is 32.7. The maximum Gasteiger partial charge on any atom is 0.303 e. The zero-order valence-corrected chi connectivity index (χ0v) is 23.3. The molecule has 5 rings (SSSR count). The van der Waals surface area contributed by atoms with Crippen molar-refractivity contribution in [1.29, 1.82) is 0 Å². The first kappa shape index (κ1) is 32.2. The molecule has 0 radical (unpaired) electrons. The largest absolute Gasteiger partial charge is 0.507 e. The molecule has 2 fully saturated rings. The summed E-state index contributed by atoms with van der Waals surface area (Å²) in [6, 6.07) is 4.95. The quantitative estimate of drug-likeness (QED) is 0.101. The van der Waals surface area contributed by atoms with Gasteiger partial charge in [-0.1, -0.05) is 0 Å². The number of benzene rings is 2. The zero-order chi connectivity index (χ0) is 32.7. The van der Waals surface area contributed by atoms with Crippen LogP contribution in [-0.2, 0) is 19.0 Å². The predicted molar refractivity (Wildman–Crippen MR) is 145 cm³/mol. The van der Waals surface area contributed by atoms with Gasteiger partial charge in [-0.05, 0) is 6.07 Å². The van der Waals surface area contributed by atoms with E-state index in [0.29, 0.717) is 0 Å². The molecule has 0 aliphatic carbocycles. The van der Waals surface area contributed by atoms with Gasteiger partial charge in [-0.15, -0.1) is 0 Å². The zero-order valence-electron chi connectivity index (χ0n) is 23.3. The molecule has 45 heavy (non-hydrogen) atoms. The minimum atomic E-state index is -1.78. The number of hydrogen-bond donors (Lipinski definition) is 9. The lowest BCUT2D eigenvalue weighted by atomic mass is 9.99. The normalized spacial score (nSPS) is 30.2. The van der Waals surface area contributed by atoms with Gasteiger partial charge in [0.1, 0.15) is 64.5 Å². The molecule has 0 bridgehead atoms.